The van der Waals surface area contributed by atoms with E-state index in [0.29, 0.717) is 25.9 Å². The molecule has 0 saturated carbocycles. The predicted molar refractivity (Wildman–Crippen MR) is 100 cm³/mol. The van der Waals surface area contributed by atoms with Crippen LogP contribution in [0.15, 0.2) is 54.6 Å². The number of piperidine rings is 1. The monoisotopic (exact) mass is 352 g/mol. The maximum atomic E-state index is 12.3. The van der Waals surface area contributed by atoms with Gasteiger partial charge in [0.25, 0.3) is 0 Å². The fourth-order valence-corrected chi connectivity index (χ4v) is 3.09. The van der Waals surface area contributed by atoms with E-state index in [1.54, 1.807) is 11.9 Å². The molecule has 0 radical (unpaired) electrons. The van der Waals surface area contributed by atoms with Gasteiger partial charge in [-0.15, -0.1) is 0 Å². The lowest BCUT2D eigenvalue weighted by molar-refractivity contribution is -0.136. The zero-order chi connectivity index (χ0) is 18.4. The van der Waals surface area contributed by atoms with Crippen LogP contribution in [0.3, 0.4) is 0 Å². The van der Waals surface area contributed by atoms with Gasteiger partial charge in [0.05, 0.1) is 5.92 Å². The van der Waals surface area contributed by atoms with Crippen molar-refractivity contribution in [2.75, 3.05) is 20.1 Å². The van der Waals surface area contributed by atoms with E-state index in [-0.39, 0.29) is 17.7 Å². The van der Waals surface area contributed by atoms with Crippen LogP contribution in [0.1, 0.15) is 18.4 Å². The number of nitrogens with one attached hydrogen (secondary N) is 1. The third-order valence-corrected chi connectivity index (χ3v) is 4.59. The second-order valence-electron chi connectivity index (χ2n) is 6.61. The Kier molecular flexibility index (Phi) is 5.89. The lowest BCUT2D eigenvalue weighted by atomic mass is 9.97. The number of para-hydroxylation sites is 1. The SMILES string of the molecule is CN1C[C@H](C(=O)NCCc2cccc(Oc3ccccc3)c2)CCC1=O. The first-order chi connectivity index (χ1) is 12.6. The average molecular weight is 352 g/mol. The molecule has 2 aromatic carbocycles. The standard InChI is InChI=1S/C21H24N2O3/c1-23-15-17(10-11-20(23)24)21(25)22-13-12-16-6-5-9-19(14-16)26-18-7-3-2-4-8-18/h2-9,14,17H,10-13,15H2,1H3,(H,22,25)/t17-/m1/s1. The van der Waals surface area contributed by atoms with Crippen LogP contribution in [0.2, 0.25) is 0 Å². The molecule has 2 amide bonds. The third-order valence-electron chi connectivity index (χ3n) is 4.59. The van der Waals surface area contributed by atoms with E-state index < -0.39 is 0 Å². The smallest absolute Gasteiger partial charge is 0.224 e. The summed E-state index contributed by atoms with van der Waals surface area (Å²) in [5, 5.41) is 2.99. The highest BCUT2D eigenvalue weighted by Crippen LogP contribution is 2.22. The highest BCUT2D eigenvalue weighted by molar-refractivity contribution is 5.83. The minimum absolute atomic E-state index is 0.0287. The largest absolute Gasteiger partial charge is 0.457 e. The van der Waals surface area contributed by atoms with Gasteiger partial charge in [-0.1, -0.05) is 30.3 Å². The molecule has 5 nitrogen and oxygen atoms in total. The first-order valence-electron chi connectivity index (χ1n) is 8.95. The predicted octanol–water partition coefficient (Wildman–Crippen LogP) is 3.01. The number of carbonyl (C=O) groups excluding carboxylic acids is 2. The quantitative estimate of drug-likeness (QED) is 0.869. The van der Waals surface area contributed by atoms with Crippen molar-refractivity contribution in [3.05, 3.63) is 60.2 Å². The number of ether oxygens (including phenoxy) is 1. The summed E-state index contributed by atoms with van der Waals surface area (Å²) >= 11 is 0. The molecule has 1 aliphatic rings. The fraction of sp³-hybridized carbons (Fsp3) is 0.333. The van der Waals surface area contributed by atoms with Crippen LogP contribution < -0.4 is 10.1 Å². The number of rotatable bonds is 6. The van der Waals surface area contributed by atoms with Gasteiger partial charge in [-0.25, -0.2) is 0 Å². The highest BCUT2D eigenvalue weighted by atomic mass is 16.5. The molecule has 26 heavy (non-hydrogen) atoms. The number of nitrogens with zero attached hydrogens (tertiary/aromatic N) is 1. The summed E-state index contributed by atoms with van der Waals surface area (Å²) in [4.78, 5) is 25.4. The van der Waals surface area contributed by atoms with Gasteiger partial charge in [-0.3, -0.25) is 9.59 Å². The molecule has 136 valence electrons. The minimum Gasteiger partial charge on any atom is -0.457 e. The number of hydrogen-bond donors (Lipinski definition) is 1. The first kappa shape index (κ1) is 18.0. The molecule has 1 saturated heterocycles. The second-order valence-corrected chi connectivity index (χ2v) is 6.61. The molecule has 2 aromatic rings. The van der Waals surface area contributed by atoms with E-state index >= 15 is 0 Å². The van der Waals surface area contributed by atoms with Crippen LogP contribution in [-0.2, 0) is 16.0 Å². The summed E-state index contributed by atoms with van der Waals surface area (Å²) < 4.78 is 5.84. The summed E-state index contributed by atoms with van der Waals surface area (Å²) in [6.07, 6.45) is 1.82. The second kappa shape index (κ2) is 8.52. The Morgan fingerprint density at radius 1 is 1.15 bits per heavy atom. The topological polar surface area (TPSA) is 58.6 Å². The number of likely N-dealkylation sites (tertiary alicyclic amines) is 1. The van der Waals surface area contributed by atoms with Crippen molar-refractivity contribution in [3.8, 4) is 11.5 Å². The van der Waals surface area contributed by atoms with Crippen LogP contribution in [0.4, 0.5) is 0 Å². The van der Waals surface area contributed by atoms with Gasteiger partial charge in [-0.2, -0.15) is 0 Å². The maximum absolute atomic E-state index is 12.3. The van der Waals surface area contributed by atoms with Crippen molar-refractivity contribution in [2.45, 2.75) is 19.3 Å². The van der Waals surface area contributed by atoms with E-state index in [4.69, 9.17) is 4.74 Å². The molecule has 1 fully saturated rings. The zero-order valence-corrected chi connectivity index (χ0v) is 15.0. The summed E-state index contributed by atoms with van der Waals surface area (Å²) in [6, 6.07) is 17.5. The van der Waals surface area contributed by atoms with Gasteiger partial charge < -0.3 is 15.0 Å². The number of amides is 2. The molecule has 3 rings (SSSR count). The molecule has 0 aliphatic carbocycles. The molecular formula is C21H24N2O3. The Morgan fingerprint density at radius 3 is 2.69 bits per heavy atom. The Bertz CT molecular complexity index is 761. The highest BCUT2D eigenvalue weighted by Gasteiger charge is 2.27. The van der Waals surface area contributed by atoms with E-state index in [1.807, 2.05) is 54.6 Å². The minimum atomic E-state index is -0.106. The summed E-state index contributed by atoms with van der Waals surface area (Å²) in [6.45, 7) is 1.08. The average Bonchev–Trinajstić information content (AvgIpc) is 2.65. The van der Waals surface area contributed by atoms with Crippen LogP contribution in [0.25, 0.3) is 0 Å². The van der Waals surface area contributed by atoms with Crippen molar-refractivity contribution in [2.24, 2.45) is 5.92 Å². The lowest BCUT2D eigenvalue weighted by Crippen LogP contribution is -2.44. The number of benzene rings is 2. The summed E-state index contributed by atoms with van der Waals surface area (Å²) in [5.74, 6) is 1.62. The number of hydrogen-bond acceptors (Lipinski definition) is 3. The Labute approximate surface area is 154 Å². The molecule has 1 N–H and O–H groups in total. The van der Waals surface area contributed by atoms with Gasteiger partial charge in [0.15, 0.2) is 0 Å². The van der Waals surface area contributed by atoms with Gasteiger partial charge >= 0.3 is 0 Å². The van der Waals surface area contributed by atoms with E-state index in [0.717, 1.165) is 23.5 Å². The van der Waals surface area contributed by atoms with Crippen LogP contribution in [0, 0.1) is 5.92 Å². The molecule has 1 atom stereocenters. The van der Waals surface area contributed by atoms with Crippen molar-refractivity contribution in [3.63, 3.8) is 0 Å². The Morgan fingerprint density at radius 2 is 1.92 bits per heavy atom. The van der Waals surface area contributed by atoms with Crippen molar-refractivity contribution >= 4 is 11.8 Å². The molecule has 0 aromatic heterocycles. The molecule has 0 spiro atoms. The lowest BCUT2D eigenvalue weighted by Gasteiger charge is -2.28. The molecule has 0 bridgehead atoms. The van der Waals surface area contributed by atoms with Crippen LogP contribution in [0.5, 0.6) is 11.5 Å². The number of carbonyl (C=O) groups is 2. The fourth-order valence-electron chi connectivity index (χ4n) is 3.09. The molecule has 0 unspecified atom stereocenters. The Hall–Kier alpha value is -2.82. The van der Waals surface area contributed by atoms with Gasteiger partial charge in [-0.05, 0) is 42.7 Å². The molecule has 1 aliphatic heterocycles. The van der Waals surface area contributed by atoms with Crippen LogP contribution >= 0.6 is 0 Å². The molecule has 5 heteroatoms. The Balaban J connectivity index is 1.48. The maximum Gasteiger partial charge on any atom is 0.224 e. The van der Waals surface area contributed by atoms with Crippen LogP contribution in [-0.4, -0.2) is 36.9 Å². The first-order valence-corrected chi connectivity index (χ1v) is 8.95. The normalized spacial score (nSPS) is 17.0. The van der Waals surface area contributed by atoms with Gasteiger partial charge in [0.2, 0.25) is 11.8 Å². The molecular weight excluding hydrogens is 328 g/mol. The van der Waals surface area contributed by atoms with Crippen molar-refractivity contribution < 1.29 is 14.3 Å². The van der Waals surface area contributed by atoms with E-state index in [1.165, 1.54) is 0 Å². The molecule has 1 heterocycles. The van der Waals surface area contributed by atoms with E-state index in [9.17, 15) is 9.59 Å². The summed E-state index contributed by atoms with van der Waals surface area (Å²) in [5.41, 5.74) is 1.11. The third kappa shape index (κ3) is 4.85. The van der Waals surface area contributed by atoms with Crippen molar-refractivity contribution in [1.82, 2.24) is 10.2 Å². The summed E-state index contributed by atoms with van der Waals surface area (Å²) in [7, 11) is 1.75. The van der Waals surface area contributed by atoms with Crippen molar-refractivity contribution in [1.29, 1.82) is 0 Å². The van der Waals surface area contributed by atoms with Gasteiger partial charge in [0.1, 0.15) is 11.5 Å². The van der Waals surface area contributed by atoms with Gasteiger partial charge in [0, 0.05) is 26.6 Å². The zero-order valence-electron chi connectivity index (χ0n) is 15.0. The van der Waals surface area contributed by atoms with E-state index in [2.05, 4.69) is 5.32 Å².